The first-order chi connectivity index (χ1) is 9.74. The van der Waals surface area contributed by atoms with Crippen LogP contribution >= 0.6 is 11.6 Å². The summed E-state index contributed by atoms with van der Waals surface area (Å²) < 4.78 is 2.09. The van der Waals surface area contributed by atoms with E-state index in [1.165, 1.54) is 0 Å². The minimum atomic E-state index is -0.260. The molecule has 4 heteroatoms. The Hall–Kier alpha value is -1.32. The number of halogens is 1. The molecule has 3 nitrogen and oxygen atoms in total. The molecular weight excluding hydrogens is 272 g/mol. The third-order valence-corrected chi connectivity index (χ3v) is 3.65. The minimum absolute atomic E-state index is 0.260. The Morgan fingerprint density at radius 2 is 1.95 bits per heavy atom. The van der Waals surface area contributed by atoms with Crippen LogP contribution in [0.1, 0.15) is 31.2 Å². The van der Waals surface area contributed by atoms with Crippen molar-refractivity contribution in [2.45, 2.75) is 44.8 Å². The number of benzene rings is 1. The Morgan fingerprint density at radius 3 is 2.65 bits per heavy atom. The van der Waals surface area contributed by atoms with Gasteiger partial charge in [0, 0.05) is 24.0 Å². The van der Waals surface area contributed by atoms with Crippen LogP contribution in [0.2, 0.25) is 5.02 Å². The average molecular weight is 293 g/mol. The van der Waals surface area contributed by atoms with Crippen LogP contribution in [0.25, 0.3) is 0 Å². The van der Waals surface area contributed by atoms with Gasteiger partial charge in [-0.05, 0) is 37.0 Å². The summed E-state index contributed by atoms with van der Waals surface area (Å²) in [5.74, 6) is 0. The van der Waals surface area contributed by atoms with Gasteiger partial charge in [-0.2, -0.15) is 0 Å². The predicted molar refractivity (Wildman–Crippen MR) is 81.9 cm³/mol. The maximum absolute atomic E-state index is 10.0. The second-order valence-corrected chi connectivity index (χ2v) is 5.57. The Kier molecular flexibility index (Phi) is 6.09. The highest BCUT2D eigenvalue weighted by Gasteiger charge is 2.05. The van der Waals surface area contributed by atoms with E-state index >= 15 is 0 Å². The van der Waals surface area contributed by atoms with Crippen molar-refractivity contribution in [2.75, 3.05) is 0 Å². The molecule has 1 aromatic heterocycles. The molecule has 0 aliphatic heterocycles. The van der Waals surface area contributed by atoms with E-state index < -0.39 is 0 Å². The number of hydrogen-bond acceptors (Lipinski definition) is 2. The molecular formula is C16H21ClN2O. The standard InChI is InChI=1S/C16H21ClN2O/c17-15-7-5-14(6-8-15)12-16(20)4-2-1-3-10-19-11-9-18-13-19/h5-9,11,13,16,20H,1-4,10,12H2. The molecule has 0 aliphatic rings. The van der Waals surface area contributed by atoms with Crippen molar-refractivity contribution in [3.63, 3.8) is 0 Å². The highest BCUT2D eigenvalue weighted by Crippen LogP contribution is 2.13. The summed E-state index contributed by atoms with van der Waals surface area (Å²) in [5.41, 5.74) is 1.14. The molecule has 0 bridgehead atoms. The van der Waals surface area contributed by atoms with Crippen molar-refractivity contribution in [1.82, 2.24) is 9.55 Å². The van der Waals surface area contributed by atoms with Crippen LogP contribution in [0.3, 0.4) is 0 Å². The van der Waals surface area contributed by atoms with E-state index in [0.717, 1.165) is 42.8 Å². The van der Waals surface area contributed by atoms with Gasteiger partial charge in [0.1, 0.15) is 0 Å². The molecule has 0 radical (unpaired) electrons. The van der Waals surface area contributed by atoms with Gasteiger partial charge < -0.3 is 9.67 Å². The monoisotopic (exact) mass is 292 g/mol. The molecule has 108 valence electrons. The van der Waals surface area contributed by atoms with Crippen molar-refractivity contribution in [3.8, 4) is 0 Å². The highest BCUT2D eigenvalue weighted by atomic mass is 35.5. The number of aliphatic hydroxyl groups is 1. The fourth-order valence-electron chi connectivity index (χ4n) is 2.26. The van der Waals surface area contributed by atoms with E-state index in [1.807, 2.05) is 36.8 Å². The van der Waals surface area contributed by atoms with Gasteiger partial charge in [-0.3, -0.25) is 0 Å². The van der Waals surface area contributed by atoms with Crippen molar-refractivity contribution in [2.24, 2.45) is 0 Å². The van der Waals surface area contributed by atoms with Crippen LogP contribution in [0.5, 0.6) is 0 Å². The first-order valence-electron chi connectivity index (χ1n) is 7.12. The van der Waals surface area contributed by atoms with Crippen molar-refractivity contribution in [3.05, 3.63) is 53.6 Å². The summed E-state index contributed by atoms with van der Waals surface area (Å²) in [6.45, 7) is 1.01. The van der Waals surface area contributed by atoms with Crippen LogP contribution in [0, 0.1) is 0 Å². The molecule has 20 heavy (non-hydrogen) atoms. The Morgan fingerprint density at radius 1 is 1.15 bits per heavy atom. The summed E-state index contributed by atoms with van der Waals surface area (Å²) in [6.07, 6.45) is 10.2. The van der Waals surface area contributed by atoms with Crippen LogP contribution in [0.4, 0.5) is 0 Å². The minimum Gasteiger partial charge on any atom is -0.393 e. The number of rotatable bonds is 8. The summed E-state index contributed by atoms with van der Waals surface area (Å²) in [6, 6.07) is 7.69. The average Bonchev–Trinajstić information content (AvgIpc) is 2.94. The molecule has 0 spiro atoms. The van der Waals surface area contributed by atoms with E-state index in [9.17, 15) is 5.11 Å². The second kappa shape index (κ2) is 8.08. The summed E-state index contributed by atoms with van der Waals surface area (Å²) in [7, 11) is 0. The maximum atomic E-state index is 10.0. The first kappa shape index (κ1) is 15.1. The zero-order valence-electron chi connectivity index (χ0n) is 11.6. The number of nitrogens with zero attached hydrogens (tertiary/aromatic N) is 2. The second-order valence-electron chi connectivity index (χ2n) is 5.13. The van der Waals surface area contributed by atoms with Crippen molar-refractivity contribution in [1.29, 1.82) is 0 Å². The van der Waals surface area contributed by atoms with Crippen LogP contribution in [0.15, 0.2) is 43.0 Å². The van der Waals surface area contributed by atoms with Crippen molar-refractivity contribution < 1.29 is 5.11 Å². The number of imidazole rings is 1. The quantitative estimate of drug-likeness (QED) is 0.753. The number of hydrogen-bond donors (Lipinski definition) is 1. The topological polar surface area (TPSA) is 38.0 Å². The predicted octanol–water partition coefficient (Wildman–Crippen LogP) is 3.70. The fraction of sp³-hybridized carbons (Fsp3) is 0.438. The van der Waals surface area contributed by atoms with Gasteiger partial charge in [-0.15, -0.1) is 0 Å². The van der Waals surface area contributed by atoms with Gasteiger partial charge in [0.15, 0.2) is 0 Å². The van der Waals surface area contributed by atoms with E-state index in [1.54, 1.807) is 6.20 Å². The maximum Gasteiger partial charge on any atom is 0.0945 e. The van der Waals surface area contributed by atoms with Gasteiger partial charge in [-0.25, -0.2) is 4.98 Å². The molecule has 1 N–H and O–H groups in total. The lowest BCUT2D eigenvalue weighted by Gasteiger charge is -2.10. The summed E-state index contributed by atoms with van der Waals surface area (Å²) in [5, 5.41) is 10.7. The molecule has 1 atom stereocenters. The van der Waals surface area contributed by atoms with Crippen LogP contribution in [-0.2, 0) is 13.0 Å². The molecule has 2 rings (SSSR count). The Balaban J connectivity index is 1.58. The molecule has 0 saturated carbocycles. The third kappa shape index (κ3) is 5.35. The zero-order valence-corrected chi connectivity index (χ0v) is 12.3. The summed E-state index contributed by atoms with van der Waals surface area (Å²) >= 11 is 5.84. The summed E-state index contributed by atoms with van der Waals surface area (Å²) in [4.78, 5) is 4.02. The largest absolute Gasteiger partial charge is 0.393 e. The normalized spacial score (nSPS) is 12.5. The van der Waals surface area contributed by atoms with Gasteiger partial charge in [0.25, 0.3) is 0 Å². The lowest BCUT2D eigenvalue weighted by atomic mass is 10.0. The third-order valence-electron chi connectivity index (χ3n) is 3.40. The van der Waals surface area contributed by atoms with E-state index in [4.69, 9.17) is 11.6 Å². The van der Waals surface area contributed by atoms with Gasteiger partial charge >= 0.3 is 0 Å². The van der Waals surface area contributed by atoms with Gasteiger partial charge in [0.05, 0.1) is 12.4 Å². The van der Waals surface area contributed by atoms with E-state index in [-0.39, 0.29) is 6.10 Å². The lowest BCUT2D eigenvalue weighted by Crippen LogP contribution is -2.10. The zero-order chi connectivity index (χ0) is 14.2. The Bertz CT molecular complexity index is 482. The molecule has 1 unspecified atom stereocenters. The van der Waals surface area contributed by atoms with Crippen molar-refractivity contribution >= 4 is 11.6 Å². The van der Waals surface area contributed by atoms with E-state index in [2.05, 4.69) is 9.55 Å². The number of aryl methyl sites for hydroxylation is 1. The van der Waals surface area contributed by atoms with Gasteiger partial charge in [0.2, 0.25) is 0 Å². The SMILES string of the molecule is OC(CCCCCn1ccnc1)Cc1ccc(Cl)cc1. The highest BCUT2D eigenvalue weighted by molar-refractivity contribution is 6.30. The Labute approximate surface area is 125 Å². The molecule has 1 aromatic carbocycles. The lowest BCUT2D eigenvalue weighted by molar-refractivity contribution is 0.161. The van der Waals surface area contributed by atoms with E-state index in [0.29, 0.717) is 6.42 Å². The number of aromatic nitrogens is 2. The van der Waals surface area contributed by atoms with Crippen LogP contribution in [-0.4, -0.2) is 20.8 Å². The molecule has 2 aromatic rings. The smallest absolute Gasteiger partial charge is 0.0945 e. The molecule has 1 heterocycles. The molecule has 0 fully saturated rings. The fourth-order valence-corrected chi connectivity index (χ4v) is 2.39. The number of aliphatic hydroxyl groups excluding tert-OH is 1. The van der Waals surface area contributed by atoms with Gasteiger partial charge in [-0.1, -0.05) is 36.6 Å². The number of unbranched alkanes of at least 4 members (excludes halogenated alkanes) is 2. The first-order valence-corrected chi connectivity index (χ1v) is 7.50. The molecule has 0 saturated heterocycles. The molecule has 0 aliphatic carbocycles. The molecule has 0 amide bonds. The van der Waals surface area contributed by atoms with Crippen LogP contribution < -0.4 is 0 Å².